The Balaban J connectivity index is 1.90. The van der Waals surface area contributed by atoms with Gasteiger partial charge in [0.05, 0.1) is 12.1 Å². The highest BCUT2D eigenvalue weighted by Gasteiger charge is 2.39. The van der Waals surface area contributed by atoms with E-state index in [4.69, 9.17) is 0 Å². The molecule has 0 fully saturated rings. The molecule has 0 amide bonds. The summed E-state index contributed by atoms with van der Waals surface area (Å²) in [4.78, 5) is 15.8. The molecule has 15 heteroatoms. The molecule has 7 nitrogen and oxygen atoms in total. The van der Waals surface area contributed by atoms with Crippen LogP contribution >= 0.6 is 11.3 Å². The first-order valence-corrected chi connectivity index (χ1v) is 15.5. The summed E-state index contributed by atoms with van der Waals surface area (Å²) in [5, 5.41) is 0.268. The fraction of sp³-hybridized carbons (Fsp3) is 0.267. The van der Waals surface area contributed by atoms with Gasteiger partial charge in [0.1, 0.15) is 22.3 Å². The Morgan fingerprint density at radius 3 is 1.87 bits per heavy atom. The molecule has 0 unspecified atom stereocenters. The van der Waals surface area contributed by atoms with Crippen molar-refractivity contribution in [1.29, 1.82) is 0 Å². The maximum absolute atomic E-state index is 13.7. The molecule has 0 aliphatic heterocycles. The number of nitrogens with zero attached hydrogens (tertiary/aromatic N) is 1. The Morgan fingerprint density at radius 1 is 0.844 bits per heavy atom. The molecule has 240 valence electrons. The zero-order valence-electron chi connectivity index (χ0n) is 23.7. The summed E-state index contributed by atoms with van der Waals surface area (Å²) >= 11 is 0.786. The first-order valence-electron chi connectivity index (χ1n) is 13.2. The van der Waals surface area contributed by atoms with Gasteiger partial charge in [0.15, 0.2) is 4.21 Å². The molecule has 0 saturated heterocycles. The highest BCUT2D eigenvalue weighted by Crippen LogP contribution is 2.40. The van der Waals surface area contributed by atoms with Crippen molar-refractivity contribution in [2.45, 2.75) is 49.0 Å². The van der Waals surface area contributed by atoms with E-state index in [0.717, 1.165) is 35.6 Å². The number of sulfonamides is 1. The van der Waals surface area contributed by atoms with E-state index in [0.29, 0.717) is 5.56 Å². The summed E-state index contributed by atoms with van der Waals surface area (Å²) in [6.07, 6.45) is -10.3. The molecule has 4 rings (SSSR count). The zero-order chi connectivity index (χ0) is 33.0. The predicted molar refractivity (Wildman–Crippen MR) is 154 cm³/mol. The lowest BCUT2D eigenvalue weighted by molar-refractivity contribution is -0.275. The van der Waals surface area contributed by atoms with Crippen LogP contribution in [0.2, 0.25) is 0 Å². The van der Waals surface area contributed by atoms with Gasteiger partial charge in [0.2, 0.25) is 0 Å². The number of Topliss-reactive ketones (excluding diaryl/α,β-unsaturated/α-hetero) is 1. The summed E-state index contributed by atoms with van der Waals surface area (Å²) in [7, 11) is -4.35. The van der Waals surface area contributed by atoms with Gasteiger partial charge in [0, 0.05) is 12.0 Å². The average Bonchev–Trinajstić information content (AvgIpc) is 3.30. The monoisotopic (exact) mass is 672 g/mol. The Morgan fingerprint density at radius 2 is 1.38 bits per heavy atom. The maximum Gasteiger partial charge on any atom is 0.573 e. The lowest BCUT2D eigenvalue weighted by Gasteiger charge is -2.36. The van der Waals surface area contributed by atoms with Gasteiger partial charge in [0.25, 0.3) is 10.0 Å². The topological polar surface area (TPSA) is 94.6 Å². The third kappa shape index (κ3) is 9.05. The predicted octanol–water partition coefficient (Wildman–Crippen LogP) is 6.89. The first-order chi connectivity index (χ1) is 21.0. The van der Waals surface area contributed by atoms with Gasteiger partial charge < -0.3 is 9.47 Å². The second kappa shape index (κ2) is 13.2. The fourth-order valence-corrected chi connectivity index (χ4v) is 7.59. The minimum Gasteiger partial charge on any atom is -0.406 e. The van der Waals surface area contributed by atoms with Crippen molar-refractivity contribution in [2.24, 2.45) is 0 Å². The van der Waals surface area contributed by atoms with E-state index in [1.807, 2.05) is 0 Å². The standard InChI is InChI=1S/C30H26F6N2O5S2/c1-19(39)14-26-38-20(2)27(44-26)45(40,41)37-18-28(17-21-8-4-3-5-9-21,22-10-6-12-24(15-22)42-29(31,32)33)23-11-7-13-25(16-23)43-30(34,35)36/h3-13,15-16,37H,14,17-18H2,1-2H3. The van der Waals surface area contributed by atoms with Gasteiger partial charge >= 0.3 is 12.7 Å². The number of alkyl halides is 6. The maximum atomic E-state index is 13.7. The zero-order valence-corrected chi connectivity index (χ0v) is 25.3. The van der Waals surface area contributed by atoms with Crippen LogP contribution in [0.15, 0.2) is 83.1 Å². The SMILES string of the molecule is CC(=O)Cc1nc(C)c(S(=O)(=O)NCC(Cc2ccccc2)(c2cccc(OC(F)(F)F)c2)c2cccc(OC(F)(F)F)c2)s1. The van der Waals surface area contributed by atoms with Crippen molar-refractivity contribution in [3.8, 4) is 11.5 Å². The van der Waals surface area contributed by atoms with E-state index in [1.54, 1.807) is 30.3 Å². The third-order valence-electron chi connectivity index (χ3n) is 6.60. The average molecular weight is 673 g/mol. The largest absolute Gasteiger partial charge is 0.573 e. The van der Waals surface area contributed by atoms with Crippen LogP contribution in [0.1, 0.15) is 34.3 Å². The van der Waals surface area contributed by atoms with E-state index < -0.39 is 46.2 Å². The summed E-state index contributed by atoms with van der Waals surface area (Å²) in [6, 6.07) is 18.1. The van der Waals surface area contributed by atoms with Crippen molar-refractivity contribution in [3.63, 3.8) is 0 Å². The first kappa shape index (κ1) is 33.9. The molecule has 1 heterocycles. The number of hydrogen-bond acceptors (Lipinski definition) is 7. The number of aryl methyl sites for hydroxylation is 1. The van der Waals surface area contributed by atoms with Crippen LogP contribution in [0.5, 0.6) is 11.5 Å². The molecule has 0 aliphatic carbocycles. The molecule has 1 aromatic heterocycles. The smallest absolute Gasteiger partial charge is 0.406 e. The number of halogens is 6. The second-order valence-corrected chi connectivity index (χ2v) is 13.1. The number of nitrogens with one attached hydrogen (secondary N) is 1. The number of carbonyl (C=O) groups excluding carboxylic acids is 1. The normalized spacial score (nSPS) is 12.6. The van der Waals surface area contributed by atoms with Crippen LogP contribution in [0.3, 0.4) is 0 Å². The lowest BCUT2D eigenvalue weighted by atomic mass is 9.70. The van der Waals surface area contributed by atoms with Crippen molar-refractivity contribution in [1.82, 2.24) is 9.71 Å². The molecule has 0 saturated carbocycles. The number of thiazole rings is 1. The number of ether oxygens (including phenoxy) is 2. The molecular weight excluding hydrogens is 646 g/mol. The molecule has 0 aliphatic rings. The highest BCUT2D eigenvalue weighted by atomic mass is 32.2. The molecule has 0 atom stereocenters. The molecule has 0 radical (unpaired) electrons. The summed E-state index contributed by atoms with van der Waals surface area (Å²) < 4.78 is 117. The van der Waals surface area contributed by atoms with E-state index in [1.165, 1.54) is 38.1 Å². The van der Waals surface area contributed by atoms with Crippen LogP contribution in [0.25, 0.3) is 0 Å². The van der Waals surface area contributed by atoms with Gasteiger partial charge in [-0.15, -0.1) is 37.7 Å². The summed E-state index contributed by atoms with van der Waals surface area (Å²) in [6.45, 7) is 2.25. The number of rotatable bonds is 12. The quantitative estimate of drug-likeness (QED) is 0.165. The minimum absolute atomic E-state index is 0.0709. The molecular formula is C30H26F6N2O5S2. The minimum atomic E-state index is -5.05. The van der Waals surface area contributed by atoms with E-state index in [9.17, 15) is 39.6 Å². The second-order valence-electron chi connectivity index (χ2n) is 10.1. The van der Waals surface area contributed by atoms with Crippen molar-refractivity contribution in [2.75, 3.05) is 6.54 Å². The fourth-order valence-electron chi connectivity index (χ4n) is 4.82. The summed E-state index contributed by atoms with van der Waals surface area (Å²) in [5.74, 6) is -1.46. The number of carbonyl (C=O) groups is 1. The summed E-state index contributed by atoms with van der Waals surface area (Å²) in [5.41, 5.74) is -0.667. The van der Waals surface area contributed by atoms with E-state index >= 15 is 0 Å². The molecule has 3 aromatic carbocycles. The Hall–Kier alpha value is -3.95. The molecule has 45 heavy (non-hydrogen) atoms. The van der Waals surface area contributed by atoms with E-state index in [-0.39, 0.29) is 44.7 Å². The van der Waals surface area contributed by atoms with Crippen LogP contribution in [-0.2, 0) is 33.1 Å². The van der Waals surface area contributed by atoms with Crippen LogP contribution in [0, 0.1) is 6.92 Å². The van der Waals surface area contributed by atoms with Crippen molar-refractivity contribution >= 4 is 27.1 Å². The molecule has 1 N–H and O–H groups in total. The van der Waals surface area contributed by atoms with Crippen LogP contribution < -0.4 is 14.2 Å². The van der Waals surface area contributed by atoms with Crippen LogP contribution in [-0.4, -0.2) is 38.5 Å². The number of ketones is 1. The molecule has 0 bridgehead atoms. The van der Waals surface area contributed by atoms with Gasteiger partial charge in [-0.2, -0.15) is 0 Å². The highest BCUT2D eigenvalue weighted by molar-refractivity contribution is 7.91. The molecule has 0 spiro atoms. The number of aromatic nitrogens is 1. The van der Waals surface area contributed by atoms with Gasteiger partial charge in [-0.25, -0.2) is 18.1 Å². The van der Waals surface area contributed by atoms with Gasteiger partial charge in [-0.05, 0) is 61.2 Å². The Kier molecular flexibility index (Phi) is 9.94. The third-order valence-corrected chi connectivity index (χ3v) is 9.76. The van der Waals surface area contributed by atoms with Crippen molar-refractivity contribution < 1.29 is 49.0 Å². The number of hydrogen-bond donors (Lipinski definition) is 1. The Bertz CT molecular complexity index is 1700. The van der Waals surface area contributed by atoms with Gasteiger partial charge in [-0.3, -0.25) is 4.79 Å². The molecule has 4 aromatic rings. The lowest BCUT2D eigenvalue weighted by Crippen LogP contribution is -2.43. The van der Waals surface area contributed by atoms with Crippen molar-refractivity contribution in [3.05, 3.63) is 106 Å². The van der Waals surface area contributed by atoms with E-state index in [2.05, 4.69) is 19.2 Å². The number of benzene rings is 3. The Labute approximate surface area is 258 Å². The van der Waals surface area contributed by atoms with Crippen LogP contribution in [0.4, 0.5) is 26.3 Å². The van der Waals surface area contributed by atoms with Gasteiger partial charge in [-0.1, -0.05) is 54.6 Å².